The Kier molecular flexibility index (Phi) is 8.04. The van der Waals surface area contributed by atoms with E-state index in [1.165, 1.54) is 23.9 Å². The van der Waals surface area contributed by atoms with Gasteiger partial charge in [0.2, 0.25) is 11.8 Å². The van der Waals surface area contributed by atoms with Crippen molar-refractivity contribution in [3.8, 4) is 11.3 Å². The Hall–Kier alpha value is -4.15. The maximum absolute atomic E-state index is 12.6. The summed E-state index contributed by atoms with van der Waals surface area (Å²) in [6.07, 6.45) is 3.83. The van der Waals surface area contributed by atoms with Crippen LogP contribution in [0, 0.1) is 5.41 Å². The number of primary amides is 1. The molecule has 0 radical (unpaired) electrons. The molecular weight excluding hydrogens is 512 g/mol. The molecule has 0 saturated heterocycles. The fraction of sp³-hybridized carbons (Fsp3) is 0.483. The number of carbonyl (C=O) groups is 3. The quantitative estimate of drug-likeness (QED) is 0.319. The number of anilines is 2. The second kappa shape index (κ2) is 11.1. The van der Waals surface area contributed by atoms with Crippen molar-refractivity contribution < 1.29 is 23.6 Å². The van der Waals surface area contributed by atoms with Crippen LogP contribution in [-0.4, -0.2) is 38.4 Å². The van der Waals surface area contributed by atoms with Crippen molar-refractivity contribution in [1.82, 2.24) is 14.9 Å². The Morgan fingerprint density at radius 2 is 1.82 bits per heavy atom. The molecule has 0 aliphatic heterocycles. The van der Waals surface area contributed by atoms with E-state index in [1.807, 2.05) is 13.8 Å². The van der Waals surface area contributed by atoms with E-state index in [1.54, 1.807) is 51.1 Å². The largest absolute Gasteiger partial charge is 0.444 e. The van der Waals surface area contributed by atoms with Crippen molar-refractivity contribution in [2.75, 3.05) is 10.6 Å². The van der Waals surface area contributed by atoms with Crippen LogP contribution >= 0.6 is 0 Å². The third-order valence-electron chi connectivity index (χ3n) is 6.85. The maximum Gasteiger partial charge on any atom is 0.413 e. The molecule has 4 N–H and O–H groups in total. The van der Waals surface area contributed by atoms with E-state index in [-0.39, 0.29) is 35.2 Å². The molecule has 1 aliphatic carbocycles. The second-order valence-corrected chi connectivity index (χ2v) is 12.0. The summed E-state index contributed by atoms with van der Waals surface area (Å²) in [5.74, 6) is -0.493. The van der Waals surface area contributed by atoms with Crippen molar-refractivity contribution in [2.24, 2.45) is 11.1 Å². The highest BCUT2D eigenvalue weighted by Crippen LogP contribution is 2.43. The molecule has 3 aromatic rings. The van der Waals surface area contributed by atoms with Crippen molar-refractivity contribution >= 4 is 29.6 Å². The van der Waals surface area contributed by atoms with Crippen molar-refractivity contribution in [3.63, 3.8) is 0 Å². The lowest BCUT2D eigenvalue weighted by Crippen LogP contribution is -2.29. The topological polar surface area (TPSA) is 154 Å². The molecule has 2 heterocycles. The molecular formula is C29H38N6O5. The van der Waals surface area contributed by atoms with Gasteiger partial charge in [-0.15, -0.1) is 0 Å². The normalized spacial score (nSPS) is 14.5. The highest BCUT2D eigenvalue weighted by atomic mass is 16.6. The van der Waals surface area contributed by atoms with E-state index >= 15 is 0 Å². The average Bonchev–Trinajstić information content (AvgIpc) is 3.41. The van der Waals surface area contributed by atoms with Gasteiger partial charge in [-0.25, -0.2) is 9.48 Å². The highest BCUT2D eigenvalue weighted by molar-refractivity contribution is 6.06. The summed E-state index contributed by atoms with van der Waals surface area (Å²) >= 11 is 0. The van der Waals surface area contributed by atoms with Crippen LogP contribution in [0.25, 0.3) is 11.3 Å². The van der Waals surface area contributed by atoms with E-state index < -0.39 is 17.6 Å². The summed E-state index contributed by atoms with van der Waals surface area (Å²) in [6, 6.07) is 8.66. The van der Waals surface area contributed by atoms with Crippen molar-refractivity contribution in [3.05, 3.63) is 47.2 Å². The molecule has 1 fully saturated rings. The Labute approximate surface area is 233 Å². The number of nitrogens with one attached hydrogen (secondary N) is 2. The molecule has 3 amide bonds. The first kappa shape index (κ1) is 28.8. The number of benzene rings is 1. The van der Waals surface area contributed by atoms with Gasteiger partial charge in [0.05, 0.1) is 12.1 Å². The maximum atomic E-state index is 12.6. The van der Waals surface area contributed by atoms with Crippen molar-refractivity contribution in [2.45, 2.75) is 85.3 Å². The smallest absolute Gasteiger partial charge is 0.413 e. The third-order valence-corrected chi connectivity index (χ3v) is 6.85. The first-order chi connectivity index (χ1) is 18.7. The van der Waals surface area contributed by atoms with Gasteiger partial charge in [-0.2, -0.15) is 5.10 Å². The van der Waals surface area contributed by atoms with E-state index in [2.05, 4.69) is 27.8 Å². The monoisotopic (exact) mass is 550 g/mol. The molecule has 0 unspecified atom stereocenters. The molecule has 40 heavy (non-hydrogen) atoms. The number of nitrogens with zero attached hydrogens (tertiary/aromatic N) is 3. The standard InChI is InChI=1S/C29H38N6O5/c1-17(2)35-26(32-27(38)39-28(3,4)5)23(25(30)37)24(33-35)19-10-8-18(9-11-19)14-21(36)31-22-15-20(34-40-22)16-29(6)12-7-13-29/h8-11,15,17H,7,12-14,16H2,1-6H3,(H2,30,37)(H,31,36)(H,32,38). The number of hydrogen-bond acceptors (Lipinski definition) is 7. The fourth-order valence-corrected chi connectivity index (χ4v) is 4.76. The predicted molar refractivity (Wildman–Crippen MR) is 151 cm³/mol. The van der Waals surface area contributed by atoms with Crippen LogP contribution in [0.4, 0.5) is 16.5 Å². The number of ether oxygens (including phenoxy) is 1. The Balaban J connectivity index is 1.48. The number of aromatic nitrogens is 3. The fourth-order valence-electron chi connectivity index (χ4n) is 4.76. The third kappa shape index (κ3) is 6.88. The number of carbonyl (C=O) groups excluding carboxylic acids is 3. The van der Waals surface area contributed by atoms with Gasteiger partial charge in [0, 0.05) is 17.7 Å². The van der Waals surface area contributed by atoms with Gasteiger partial charge >= 0.3 is 6.09 Å². The molecule has 4 rings (SSSR count). The zero-order chi connectivity index (χ0) is 29.2. The number of amides is 3. The summed E-state index contributed by atoms with van der Waals surface area (Å²) in [7, 11) is 0. The summed E-state index contributed by atoms with van der Waals surface area (Å²) in [4.78, 5) is 37.7. The molecule has 11 nitrogen and oxygen atoms in total. The molecule has 0 bridgehead atoms. The number of rotatable bonds is 9. The molecule has 0 atom stereocenters. The van der Waals surface area contributed by atoms with E-state index in [9.17, 15) is 14.4 Å². The minimum atomic E-state index is -0.742. The van der Waals surface area contributed by atoms with Crippen molar-refractivity contribution in [1.29, 1.82) is 0 Å². The van der Waals surface area contributed by atoms with Crippen LogP contribution in [0.15, 0.2) is 34.9 Å². The Morgan fingerprint density at radius 3 is 2.38 bits per heavy atom. The first-order valence-corrected chi connectivity index (χ1v) is 13.5. The SMILES string of the molecule is CC(C)n1nc(-c2ccc(CC(=O)Nc3cc(CC4(C)CCC4)no3)cc2)c(C(N)=O)c1NC(=O)OC(C)(C)C. The zero-order valence-corrected chi connectivity index (χ0v) is 24.0. The minimum Gasteiger partial charge on any atom is -0.444 e. The van der Waals surface area contributed by atoms with Gasteiger partial charge in [-0.1, -0.05) is 42.8 Å². The average molecular weight is 551 g/mol. The Morgan fingerprint density at radius 1 is 1.15 bits per heavy atom. The van der Waals surface area contributed by atoms with Gasteiger partial charge < -0.3 is 15.0 Å². The van der Waals surface area contributed by atoms with Gasteiger partial charge in [0.1, 0.15) is 22.7 Å². The van der Waals surface area contributed by atoms with E-state index in [0.29, 0.717) is 17.1 Å². The molecule has 1 saturated carbocycles. The van der Waals surface area contributed by atoms with Gasteiger partial charge in [-0.3, -0.25) is 20.2 Å². The van der Waals surface area contributed by atoms with Crippen LogP contribution in [-0.2, 0) is 22.4 Å². The van der Waals surface area contributed by atoms with Crippen LogP contribution in [0.5, 0.6) is 0 Å². The summed E-state index contributed by atoms with van der Waals surface area (Å²) in [6.45, 7) is 11.2. The molecule has 1 aromatic carbocycles. The first-order valence-electron chi connectivity index (χ1n) is 13.5. The van der Waals surface area contributed by atoms with Crippen LogP contribution in [0.3, 0.4) is 0 Å². The molecule has 0 spiro atoms. The van der Waals surface area contributed by atoms with Crippen LogP contribution in [0.1, 0.15) is 88.5 Å². The van der Waals surface area contributed by atoms with Gasteiger partial charge in [-0.05, 0) is 64.9 Å². The zero-order valence-electron chi connectivity index (χ0n) is 24.0. The number of nitrogens with two attached hydrogens (primary N) is 1. The summed E-state index contributed by atoms with van der Waals surface area (Å²) in [5, 5.41) is 14.1. The molecule has 1 aliphatic rings. The molecule has 214 valence electrons. The summed E-state index contributed by atoms with van der Waals surface area (Å²) < 4.78 is 12.2. The van der Waals surface area contributed by atoms with Crippen LogP contribution < -0.4 is 16.4 Å². The van der Waals surface area contributed by atoms with E-state index in [0.717, 1.165) is 17.7 Å². The van der Waals surface area contributed by atoms with Gasteiger partial charge in [0.25, 0.3) is 5.91 Å². The highest BCUT2D eigenvalue weighted by Gasteiger charge is 2.33. The lowest BCUT2D eigenvalue weighted by molar-refractivity contribution is -0.115. The molecule has 2 aromatic heterocycles. The second-order valence-electron chi connectivity index (χ2n) is 12.0. The van der Waals surface area contributed by atoms with E-state index in [4.69, 9.17) is 15.0 Å². The molecule has 11 heteroatoms. The van der Waals surface area contributed by atoms with Gasteiger partial charge in [0.15, 0.2) is 0 Å². The van der Waals surface area contributed by atoms with Crippen LogP contribution in [0.2, 0.25) is 0 Å². The predicted octanol–water partition coefficient (Wildman–Crippen LogP) is 5.48. The Bertz CT molecular complexity index is 1390. The lowest BCUT2D eigenvalue weighted by Gasteiger charge is -2.37. The lowest BCUT2D eigenvalue weighted by atomic mass is 9.68. The summed E-state index contributed by atoms with van der Waals surface area (Å²) in [5.41, 5.74) is 7.86. The minimum absolute atomic E-state index is 0.0712. The number of hydrogen-bond donors (Lipinski definition) is 3.